The number of aryl methyl sites for hydroxylation is 1. The van der Waals surface area contributed by atoms with Gasteiger partial charge in [0.1, 0.15) is 5.75 Å². The number of carbonyl (C=O) groups excluding carboxylic acids is 1. The lowest BCUT2D eigenvalue weighted by atomic mass is 10.0. The number of ether oxygens (including phenoxy) is 1. The molecule has 0 saturated heterocycles. The molecule has 1 aromatic rings. The van der Waals surface area contributed by atoms with Crippen molar-refractivity contribution >= 4 is 23.6 Å². The number of nitrogens with one attached hydrogen (secondary N) is 1. The maximum absolute atomic E-state index is 11.3. The van der Waals surface area contributed by atoms with Crippen LogP contribution >= 0.6 is 12.0 Å². The lowest BCUT2D eigenvalue weighted by Gasteiger charge is -2.17. The molecule has 1 heterocycles. The minimum absolute atomic E-state index is 0.0823. The van der Waals surface area contributed by atoms with E-state index >= 15 is 0 Å². The molecule has 0 atom stereocenters. The largest absolute Gasteiger partial charge is 0.494 e. The highest BCUT2D eigenvalue weighted by molar-refractivity contribution is 7.93. The number of unbranched alkanes of at least 4 members (excludes halogenated alkanes) is 1. The predicted octanol–water partition coefficient (Wildman–Crippen LogP) is 3.02. The number of amides is 1. The highest BCUT2D eigenvalue weighted by Gasteiger charge is 2.14. The van der Waals surface area contributed by atoms with Crippen LogP contribution in [-0.2, 0) is 15.4 Å². The Bertz CT molecular complexity index is 437. The molecule has 1 aliphatic heterocycles. The lowest BCUT2D eigenvalue weighted by Crippen LogP contribution is -2.18. The molecule has 0 radical (unpaired) electrons. The van der Waals surface area contributed by atoms with Crippen LogP contribution in [-0.4, -0.2) is 25.4 Å². The molecule has 4 nitrogen and oxygen atoms in total. The normalized spacial score (nSPS) is 13.8. The maximum atomic E-state index is 11.3. The van der Waals surface area contributed by atoms with E-state index in [9.17, 15) is 4.79 Å². The number of benzene rings is 1. The molecular weight excluding hydrogens is 262 g/mol. The van der Waals surface area contributed by atoms with Crippen molar-refractivity contribution in [2.75, 3.05) is 24.8 Å². The highest BCUT2D eigenvalue weighted by Crippen LogP contribution is 2.27. The molecule has 1 aliphatic rings. The smallest absolute Gasteiger partial charge is 0.224 e. The molecule has 1 amide bonds. The van der Waals surface area contributed by atoms with E-state index in [2.05, 4.69) is 5.32 Å². The number of hydrogen-bond donors (Lipinski definition) is 1. The average Bonchev–Trinajstić information content (AvgIpc) is 2.42. The zero-order chi connectivity index (χ0) is 13.5. The molecular formula is C14H19NO3S. The summed E-state index contributed by atoms with van der Waals surface area (Å²) in [5, 5.41) is 2.88. The van der Waals surface area contributed by atoms with Crippen LogP contribution in [0.3, 0.4) is 0 Å². The summed E-state index contributed by atoms with van der Waals surface area (Å²) in [7, 11) is 0. The summed E-state index contributed by atoms with van der Waals surface area (Å²) in [5.74, 6) is 0.894. The van der Waals surface area contributed by atoms with E-state index in [0.717, 1.165) is 37.3 Å². The van der Waals surface area contributed by atoms with Gasteiger partial charge in [-0.15, -0.1) is 0 Å². The van der Waals surface area contributed by atoms with Crippen molar-refractivity contribution < 1.29 is 13.7 Å². The zero-order valence-electron chi connectivity index (χ0n) is 11.1. The van der Waals surface area contributed by atoms with Gasteiger partial charge in [-0.2, -0.15) is 0 Å². The number of hydrogen-bond acceptors (Lipinski definition) is 4. The van der Waals surface area contributed by atoms with Gasteiger partial charge in [-0.25, -0.2) is 0 Å². The summed E-state index contributed by atoms with van der Waals surface area (Å²) >= 11 is 1.39. The summed E-state index contributed by atoms with van der Waals surface area (Å²) in [5.41, 5.74) is 2.07. The van der Waals surface area contributed by atoms with Crippen LogP contribution in [0.5, 0.6) is 5.75 Å². The van der Waals surface area contributed by atoms with Crippen molar-refractivity contribution in [3.63, 3.8) is 0 Å². The van der Waals surface area contributed by atoms with Crippen molar-refractivity contribution in [1.29, 1.82) is 0 Å². The van der Waals surface area contributed by atoms with Crippen molar-refractivity contribution in [1.82, 2.24) is 0 Å². The zero-order valence-corrected chi connectivity index (χ0v) is 11.9. The SMILES string of the molecule is CSOCCCCOc1ccc2c(c1)NC(=O)CC2. The van der Waals surface area contributed by atoms with E-state index in [1.807, 2.05) is 24.5 Å². The quantitative estimate of drug-likeness (QED) is 0.616. The molecule has 0 aromatic heterocycles. The fourth-order valence-electron chi connectivity index (χ4n) is 1.98. The van der Waals surface area contributed by atoms with Crippen LogP contribution in [0, 0.1) is 0 Å². The fraction of sp³-hybridized carbons (Fsp3) is 0.500. The summed E-state index contributed by atoms with van der Waals surface area (Å²) in [6.07, 6.45) is 5.25. The Labute approximate surface area is 118 Å². The average molecular weight is 281 g/mol. The third kappa shape index (κ3) is 4.44. The molecule has 5 heteroatoms. The van der Waals surface area contributed by atoms with E-state index in [-0.39, 0.29) is 5.91 Å². The van der Waals surface area contributed by atoms with Gasteiger partial charge in [0.25, 0.3) is 0 Å². The molecule has 0 aliphatic carbocycles. The van der Waals surface area contributed by atoms with Crippen molar-refractivity contribution in [3.8, 4) is 5.75 Å². The van der Waals surface area contributed by atoms with E-state index < -0.39 is 0 Å². The summed E-state index contributed by atoms with van der Waals surface area (Å²) in [6, 6.07) is 5.90. The summed E-state index contributed by atoms with van der Waals surface area (Å²) in [6.45, 7) is 1.43. The first-order valence-corrected chi connectivity index (χ1v) is 7.66. The van der Waals surface area contributed by atoms with Gasteiger partial charge in [-0.05, 0) is 42.9 Å². The molecule has 0 fully saturated rings. The van der Waals surface area contributed by atoms with Crippen LogP contribution in [0.2, 0.25) is 0 Å². The van der Waals surface area contributed by atoms with Gasteiger partial charge < -0.3 is 14.2 Å². The Morgan fingerprint density at radius 2 is 2.11 bits per heavy atom. The third-order valence-corrected chi connectivity index (χ3v) is 3.39. The molecule has 0 unspecified atom stereocenters. The Morgan fingerprint density at radius 1 is 1.26 bits per heavy atom. The lowest BCUT2D eigenvalue weighted by molar-refractivity contribution is -0.116. The Balaban J connectivity index is 1.78. The maximum Gasteiger partial charge on any atom is 0.224 e. The molecule has 104 valence electrons. The second kappa shape index (κ2) is 7.40. The monoisotopic (exact) mass is 281 g/mol. The van der Waals surface area contributed by atoms with Gasteiger partial charge >= 0.3 is 0 Å². The molecule has 1 N–H and O–H groups in total. The van der Waals surface area contributed by atoms with Gasteiger partial charge in [0.05, 0.1) is 13.2 Å². The van der Waals surface area contributed by atoms with E-state index in [1.165, 1.54) is 17.6 Å². The van der Waals surface area contributed by atoms with Gasteiger partial charge in [-0.3, -0.25) is 4.79 Å². The molecule has 2 rings (SSSR count). The van der Waals surface area contributed by atoms with E-state index in [0.29, 0.717) is 13.0 Å². The van der Waals surface area contributed by atoms with Gasteiger partial charge in [0.15, 0.2) is 0 Å². The van der Waals surface area contributed by atoms with Crippen LogP contribution in [0.25, 0.3) is 0 Å². The number of anilines is 1. The van der Waals surface area contributed by atoms with Crippen LogP contribution in [0.15, 0.2) is 18.2 Å². The molecule has 1 aromatic carbocycles. The van der Waals surface area contributed by atoms with E-state index in [4.69, 9.17) is 8.92 Å². The summed E-state index contributed by atoms with van der Waals surface area (Å²) < 4.78 is 10.9. The first-order chi connectivity index (χ1) is 9.29. The van der Waals surface area contributed by atoms with Crippen LogP contribution in [0.4, 0.5) is 5.69 Å². The topological polar surface area (TPSA) is 47.6 Å². The highest BCUT2D eigenvalue weighted by atomic mass is 32.2. The third-order valence-electron chi connectivity index (χ3n) is 2.99. The standard InChI is InChI=1S/C14H19NO3S/c1-19-18-9-3-2-8-17-12-6-4-11-5-7-14(16)15-13(11)10-12/h4,6,10H,2-3,5,7-9H2,1H3,(H,15,16). The Morgan fingerprint density at radius 3 is 2.95 bits per heavy atom. The number of carbonyl (C=O) groups is 1. The number of fused-ring (bicyclic) bond motifs is 1. The molecule has 0 saturated carbocycles. The Hall–Kier alpha value is -1.20. The van der Waals surface area contributed by atoms with Gasteiger partial charge in [0, 0.05) is 24.4 Å². The fourth-order valence-corrected chi connectivity index (χ4v) is 2.26. The minimum atomic E-state index is 0.0823. The number of rotatable bonds is 7. The predicted molar refractivity (Wildman–Crippen MR) is 77.6 cm³/mol. The molecule has 0 bridgehead atoms. The van der Waals surface area contributed by atoms with E-state index in [1.54, 1.807) is 0 Å². The van der Waals surface area contributed by atoms with Gasteiger partial charge in [-0.1, -0.05) is 6.07 Å². The second-order valence-electron chi connectivity index (χ2n) is 4.41. The first kappa shape index (κ1) is 14.2. The summed E-state index contributed by atoms with van der Waals surface area (Å²) in [4.78, 5) is 11.3. The van der Waals surface area contributed by atoms with Gasteiger partial charge in [0.2, 0.25) is 5.91 Å². The van der Waals surface area contributed by atoms with Crippen LogP contribution in [0.1, 0.15) is 24.8 Å². The Kier molecular flexibility index (Phi) is 5.54. The first-order valence-electron chi connectivity index (χ1n) is 6.51. The van der Waals surface area contributed by atoms with Crippen molar-refractivity contribution in [2.45, 2.75) is 25.7 Å². The minimum Gasteiger partial charge on any atom is -0.494 e. The van der Waals surface area contributed by atoms with Crippen molar-refractivity contribution in [3.05, 3.63) is 23.8 Å². The second-order valence-corrected chi connectivity index (χ2v) is 4.98. The molecule has 19 heavy (non-hydrogen) atoms. The van der Waals surface area contributed by atoms with Crippen LogP contribution < -0.4 is 10.1 Å². The molecule has 0 spiro atoms. The van der Waals surface area contributed by atoms with Crippen molar-refractivity contribution in [2.24, 2.45) is 0 Å².